The molecule has 3 aliphatic rings. The molecule has 0 radical (unpaired) electrons. The number of amides is 1. The molecule has 2 aliphatic carbocycles. The van der Waals surface area contributed by atoms with Crippen LogP contribution in [0.15, 0.2) is 0 Å². The van der Waals surface area contributed by atoms with E-state index in [1.165, 1.54) is 12.8 Å². The number of ether oxygens (including phenoxy) is 1. The minimum Gasteiger partial charge on any atom is -0.481 e. The van der Waals surface area contributed by atoms with Gasteiger partial charge in [0.15, 0.2) is 0 Å². The van der Waals surface area contributed by atoms with Crippen LogP contribution in [0.2, 0.25) is 0 Å². The summed E-state index contributed by atoms with van der Waals surface area (Å²) >= 11 is 0. The molecule has 1 aliphatic heterocycles. The molecule has 3 rings (SSSR count). The van der Waals surface area contributed by atoms with Crippen LogP contribution in [-0.2, 0) is 14.3 Å². The highest BCUT2D eigenvalue weighted by Crippen LogP contribution is 2.55. The largest absolute Gasteiger partial charge is 0.481 e. The van der Waals surface area contributed by atoms with E-state index in [9.17, 15) is 9.59 Å². The molecule has 1 amide bonds. The van der Waals surface area contributed by atoms with E-state index in [2.05, 4.69) is 0 Å². The van der Waals surface area contributed by atoms with Crippen molar-refractivity contribution >= 4 is 11.9 Å². The zero-order valence-electron chi connectivity index (χ0n) is 11.8. The molecule has 0 aromatic heterocycles. The molecule has 0 bridgehead atoms. The molecule has 1 N–H and O–H groups in total. The Hall–Kier alpha value is -1.10. The Morgan fingerprint density at radius 2 is 1.85 bits per heavy atom. The summed E-state index contributed by atoms with van der Waals surface area (Å²) < 4.78 is 5.35. The van der Waals surface area contributed by atoms with Crippen molar-refractivity contribution in [3.05, 3.63) is 0 Å². The number of rotatable bonds is 6. The van der Waals surface area contributed by atoms with Crippen molar-refractivity contribution < 1.29 is 19.4 Å². The van der Waals surface area contributed by atoms with Crippen molar-refractivity contribution in [3.8, 4) is 0 Å². The predicted octanol–water partition coefficient (Wildman–Crippen LogP) is 1.51. The van der Waals surface area contributed by atoms with Gasteiger partial charge in [0.25, 0.3) is 0 Å². The number of hydrogen-bond acceptors (Lipinski definition) is 3. The normalized spacial score (nSPS) is 30.0. The summed E-state index contributed by atoms with van der Waals surface area (Å²) in [6.07, 6.45) is 5.31. The van der Waals surface area contributed by atoms with E-state index in [1.807, 2.05) is 4.90 Å². The summed E-state index contributed by atoms with van der Waals surface area (Å²) in [4.78, 5) is 25.3. The molecular weight excluding hydrogens is 258 g/mol. The fourth-order valence-corrected chi connectivity index (χ4v) is 3.44. The second-order valence-electron chi connectivity index (χ2n) is 6.36. The number of carboxylic acid groups (broad SMARTS) is 1. The highest BCUT2D eigenvalue weighted by Gasteiger charge is 2.52. The number of hydrogen-bond donors (Lipinski definition) is 1. The van der Waals surface area contributed by atoms with Crippen molar-refractivity contribution in [1.29, 1.82) is 0 Å². The lowest BCUT2D eigenvalue weighted by molar-refractivity contribution is -0.141. The SMILES string of the molecule is O=C(O)CCN(C(=O)[C@H]1C[C@H]1C1CC1)C1CCOCC1. The molecule has 20 heavy (non-hydrogen) atoms. The molecule has 5 nitrogen and oxygen atoms in total. The van der Waals surface area contributed by atoms with E-state index in [0.717, 1.165) is 25.2 Å². The number of carboxylic acids is 1. The minimum atomic E-state index is -0.829. The zero-order valence-corrected chi connectivity index (χ0v) is 11.8. The molecule has 0 unspecified atom stereocenters. The number of carbonyl (C=O) groups excluding carboxylic acids is 1. The van der Waals surface area contributed by atoms with E-state index in [0.29, 0.717) is 25.7 Å². The molecule has 0 aromatic rings. The molecule has 2 saturated carbocycles. The molecule has 5 heteroatoms. The number of aliphatic carboxylic acids is 1. The van der Waals surface area contributed by atoms with Crippen LogP contribution in [0.3, 0.4) is 0 Å². The first kappa shape index (κ1) is 13.9. The highest BCUT2D eigenvalue weighted by molar-refractivity contribution is 5.82. The van der Waals surface area contributed by atoms with Crippen molar-refractivity contribution in [2.45, 2.75) is 44.6 Å². The van der Waals surface area contributed by atoms with Gasteiger partial charge < -0.3 is 14.7 Å². The molecule has 1 heterocycles. The van der Waals surface area contributed by atoms with Crippen LogP contribution in [0.25, 0.3) is 0 Å². The Morgan fingerprint density at radius 3 is 2.45 bits per heavy atom. The van der Waals surface area contributed by atoms with Gasteiger partial charge >= 0.3 is 5.97 Å². The van der Waals surface area contributed by atoms with Gasteiger partial charge in [-0.05, 0) is 43.9 Å². The predicted molar refractivity (Wildman–Crippen MR) is 72.1 cm³/mol. The maximum atomic E-state index is 12.7. The van der Waals surface area contributed by atoms with Gasteiger partial charge in [0.05, 0.1) is 6.42 Å². The third kappa shape index (κ3) is 3.14. The first-order valence-corrected chi connectivity index (χ1v) is 7.77. The van der Waals surface area contributed by atoms with Crippen LogP contribution in [0.5, 0.6) is 0 Å². The van der Waals surface area contributed by atoms with Gasteiger partial charge in [-0.2, -0.15) is 0 Å². The van der Waals surface area contributed by atoms with E-state index in [4.69, 9.17) is 9.84 Å². The lowest BCUT2D eigenvalue weighted by Gasteiger charge is -2.34. The molecule has 3 fully saturated rings. The van der Waals surface area contributed by atoms with Crippen LogP contribution in [0.1, 0.15) is 38.5 Å². The molecule has 2 atom stereocenters. The summed E-state index contributed by atoms with van der Waals surface area (Å²) in [5.41, 5.74) is 0. The van der Waals surface area contributed by atoms with Crippen LogP contribution < -0.4 is 0 Å². The molecular formula is C15H23NO4. The zero-order chi connectivity index (χ0) is 14.1. The summed E-state index contributed by atoms with van der Waals surface area (Å²) in [6.45, 7) is 1.71. The second-order valence-corrected chi connectivity index (χ2v) is 6.36. The average molecular weight is 281 g/mol. The van der Waals surface area contributed by atoms with Gasteiger partial charge in [-0.15, -0.1) is 0 Å². The Kier molecular flexibility index (Phi) is 3.96. The quantitative estimate of drug-likeness (QED) is 0.801. The third-order valence-corrected chi connectivity index (χ3v) is 4.87. The summed E-state index contributed by atoms with van der Waals surface area (Å²) in [7, 11) is 0. The molecule has 112 valence electrons. The van der Waals surface area contributed by atoms with Crippen LogP contribution in [0, 0.1) is 17.8 Å². The number of carbonyl (C=O) groups is 2. The molecule has 0 spiro atoms. The standard InChI is InChI=1S/C15H23NO4/c17-14(18)3-6-16(11-4-7-20-8-5-11)15(19)13-9-12(13)10-1-2-10/h10-13H,1-9H2,(H,17,18)/t12-,13-/m0/s1. The maximum Gasteiger partial charge on any atom is 0.305 e. The van der Waals surface area contributed by atoms with Crippen LogP contribution in [0.4, 0.5) is 0 Å². The van der Waals surface area contributed by atoms with Gasteiger partial charge in [-0.1, -0.05) is 0 Å². The fraction of sp³-hybridized carbons (Fsp3) is 0.867. The Labute approximate surface area is 119 Å². The Balaban J connectivity index is 1.60. The van der Waals surface area contributed by atoms with Crippen molar-refractivity contribution in [1.82, 2.24) is 4.90 Å². The maximum absolute atomic E-state index is 12.7. The third-order valence-electron chi connectivity index (χ3n) is 4.87. The van der Waals surface area contributed by atoms with E-state index < -0.39 is 5.97 Å². The van der Waals surface area contributed by atoms with Crippen molar-refractivity contribution in [2.24, 2.45) is 17.8 Å². The fourth-order valence-electron chi connectivity index (χ4n) is 3.44. The van der Waals surface area contributed by atoms with Gasteiger partial charge in [-0.3, -0.25) is 9.59 Å². The van der Waals surface area contributed by atoms with E-state index in [-0.39, 0.29) is 24.3 Å². The van der Waals surface area contributed by atoms with E-state index >= 15 is 0 Å². The lowest BCUT2D eigenvalue weighted by atomic mass is 10.1. The first-order valence-electron chi connectivity index (χ1n) is 7.77. The van der Waals surface area contributed by atoms with Crippen molar-refractivity contribution in [2.75, 3.05) is 19.8 Å². The summed E-state index contributed by atoms with van der Waals surface area (Å²) in [5.74, 6) is 0.924. The van der Waals surface area contributed by atoms with Crippen LogP contribution in [-0.4, -0.2) is 47.7 Å². The Bertz CT molecular complexity index is 387. The van der Waals surface area contributed by atoms with Crippen molar-refractivity contribution in [3.63, 3.8) is 0 Å². The van der Waals surface area contributed by atoms with Gasteiger partial charge in [-0.25, -0.2) is 0 Å². The smallest absolute Gasteiger partial charge is 0.305 e. The summed E-state index contributed by atoms with van der Waals surface area (Å²) in [5, 5.41) is 8.88. The van der Waals surface area contributed by atoms with Gasteiger partial charge in [0.2, 0.25) is 5.91 Å². The van der Waals surface area contributed by atoms with Gasteiger partial charge in [0, 0.05) is 31.7 Å². The monoisotopic (exact) mass is 281 g/mol. The van der Waals surface area contributed by atoms with Gasteiger partial charge in [0.1, 0.15) is 0 Å². The molecule has 1 saturated heterocycles. The summed E-state index contributed by atoms with van der Waals surface area (Å²) in [6, 6.07) is 0.177. The first-order chi connectivity index (χ1) is 9.66. The number of nitrogens with zero attached hydrogens (tertiary/aromatic N) is 1. The topological polar surface area (TPSA) is 66.8 Å². The second kappa shape index (κ2) is 5.72. The Morgan fingerprint density at radius 1 is 1.15 bits per heavy atom. The lowest BCUT2D eigenvalue weighted by Crippen LogP contribution is -2.45. The minimum absolute atomic E-state index is 0.0455. The highest BCUT2D eigenvalue weighted by atomic mass is 16.5. The van der Waals surface area contributed by atoms with Crippen LogP contribution >= 0.6 is 0 Å². The average Bonchev–Trinajstić information content (AvgIpc) is 3.29. The van der Waals surface area contributed by atoms with E-state index in [1.54, 1.807) is 0 Å². The molecule has 0 aromatic carbocycles.